The largest absolute Gasteiger partial charge is 0.506 e. The van der Waals surface area contributed by atoms with Gasteiger partial charge in [-0.2, -0.15) is 0 Å². The highest BCUT2D eigenvalue weighted by Crippen LogP contribution is 2.19. The van der Waals surface area contributed by atoms with Crippen LogP contribution in [0.1, 0.15) is 29.9 Å². The minimum absolute atomic E-state index is 0.204. The molecule has 1 atom stereocenters. The summed E-state index contributed by atoms with van der Waals surface area (Å²) in [5, 5.41) is 13.1. The standard InChI is InChI=1S/C15H17BrN2O/c1-10-3-8-15(19)14(18-10)9-17-11(2)12-4-6-13(16)7-5-12/h3-8,11,17,19H,9H2,1-2H3. The van der Waals surface area contributed by atoms with Crippen LogP contribution in [-0.2, 0) is 6.54 Å². The third-order valence-corrected chi connectivity index (χ3v) is 3.56. The number of benzene rings is 1. The Morgan fingerprint density at radius 3 is 2.58 bits per heavy atom. The summed E-state index contributed by atoms with van der Waals surface area (Å²) in [6.45, 7) is 4.56. The third kappa shape index (κ3) is 3.78. The lowest BCUT2D eigenvalue weighted by molar-refractivity contribution is 0.454. The van der Waals surface area contributed by atoms with Crippen molar-refractivity contribution in [1.82, 2.24) is 10.3 Å². The topological polar surface area (TPSA) is 45.1 Å². The van der Waals surface area contributed by atoms with E-state index in [-0.39, 0.29) is 11.8 Å². The van der Waals surface area contributed by atoms with Gasteiger partial charge in [-0.25, -0.2) is 0 Å². The fourth-order valence-corrected chi connectivity index (χ4v) is 2.12. The molecule has 0 fully saturated rings. The maximum Gasteiger partial charge on any atom is 0.138 e. The molecule has 1 aromatic carbocycles. The Morgan fingerprint density at radius 1 is 1.21 bits per heavy atom. The van der Waals surface area contributed by atoms with Gasteiger partial charge in [0.1, 0.15) is 5.75 Å². The van der Waals surface area contributed by atoms with Crippen LogP contribution in [0.25, 0.3) is 0 Å². The fraction of sp³-hybridized carbons (Fsp3) is 0.267. The van der Waals surface area contributed by atoms with E-state index < -0.39 is 0 Å². The summed E-state index contributed by atoms with van der Waals surface area (Å²) in [6.07, 6.45) is 0. The van der Waals surface area contributed by atoms with E-state index in [4.69, 9.17) is 0 Å². The van der Waals surface area contributed by atoms with Crippen LogP contribution in [0, 0.1) is 6.92 Å². The van der Waals surface area contributed by atoms with Gasteiger partial charge in [0, 0.05) is 22.8 Å². The van der Waals surface area contributed by atoms with Crippen molar-refractivity contribution in [3.8, 4) is 5.75 Å². The summed E-state index contributed by atoms with van der Waals surface area (Å²) < 4.78 is 1.07. The zero-order chi connectivity index (χ0) is 13.8. The number of nitrogens with zero attached hydrogens (tertiary/aromatic N) is 1. The number of nitrogens with one attached hydrogen (secondary N) is 1. The molecule has 0 spiro atoms. The Balaban J connectivity index is 2.02. The second-order valence-corrected chi connectivity index (χ2v) is 5.49. The molecule has 0 amide bonds. The van der Waals surface area contributed by atoms with Crippen LogP contribution in [-0.4, -0.2) is 10.1 Å². The molecule has 3 nitrogen and oxygen atoms in total. The molecule has 0 radical (unpaired) electrons. The Morgan fingerprint density at radius 2 is 1.89 bits per heavy atom. The second kappa shape index (κ2) is 6.17. The molecular weight excluding hydrogens is 304 g/mol. The normalized spacial score (nSPS) is 12.4. The molecule has 0 aliphatic rings. The van der Waals surface area contributed by atoms with Gasteiger partial charge in [0.2, 0.25) is 0 Å². The summed E-state index contributed by atoms with van der Waals surface area (Å²) in [5.74, 6) is 0.237. The summed E-state index contributed by atoms with van der Waals surface area (Å²) in [5.41, 5.74) is 2.80. The average Bonchev–Trinajstić information content (AvgIpc) is 2.40. The number of aromatic hydroxyl groups is 1. The van der Waals surface area contributed by atoms with Crippen LogP contribution in [0.3, 0.4) is 0 Å². The van der Waals surface area contributed by atoms with Crippen LogP contribution in [0.5, 0.6) is 5.75 Å². The van der Waals surface area contributed by atoms with Crippen molar-refractivity contribution in [3.63, 3.8) is 0 Å². The number of hydrogen-bond donors (Lipinski definition) is 2. The highest BCUT2D eigenvalue weighted by Gasteiger charge is 2.08. The number of aromatic nitrogens is 1. The molecule has 19 heavy (non-hydrogen) atoms. The first-order chi connectivity index (χ1) is 9.06. The third-order valence-electron chi connectivity index (χ3n) is 3.04. The fourth-order valence-electron chi connectivity index (χ4n) is 1.85. The summed E-state index contributed by atoms with van der Waals surface area (Å²) >= 11 is 3.42. The molecule has 0 aliphatic heterocycles. The van der Waals surface area contributed by atoms with Crippen molar-refractivity contribution in [2.24, 2.45) is 0 Å². The van der Waals surface area contributed by atoms with Gasteiger partial charge in [-0.3, -0.25) is 4.98 Å². The van der Waals surface area contributed by atoms with Crippen molar-refractivity contribution in [3.05, 3.63) is 57.8 Å². The lowest BCUT2D eigenvalue weighted by Gasteiger charge is -2.14. The number of aryl methyl sites for hydroxylation is 1. The zero-order valence-electron chi connectivity index (χ0n) is 11.0. The van der Waals surface area contributed by atoms with E-state index in [1.165, 1.54) is 5.56 Å². The van der Waals surface area contributed by atoms with Gasteiger partial charge in [-0.05, 0) is 43.7 Å². The molecule has 100 valence electrons. The van der Waals surface area contributed by atoms with Gasteiger partial charge < -0.3 is 10.4 Å². The quantitative estimate of drug-likeness (QED) is 0.902. The van der Waals surface area contributed by atoms with Gasteiger partial charge in [-0.1, -0.05) is 28.1 Å². The number of hydrogen-bond acceptors (Lipinski definition) is 3. The molecule has 1 unspecified atom stereocenters. The predicted octanol–water partition coefficient (Wildman–Crippen LogP) is 3.71. The Labute approximate surface area is 121 Å². The van der Waals surface area contributed by atoms with Crippen molar-refractivity contribution < 1.29 is 5.11 Å². The minimum Gasteiger partial charge on any atom is -0.506 e. The molecule has 0 aliphatic carbocycles. The van der Waals surface area contributed by atoms with Crippen LogP contribution < -0.4 is 5.32 Å². The first kappa shape index (κ1) is 14.0. The Bertz CT molecular complexity index is 555. The smallest absolute Gasteiger partial charge is 0.138 e. The van der Waals surface area contributed by atoms with Crippen molar-refractivity contribution in [1.29, 1.82) is 0 Å². The number of halogens is 1. The van der Waals surface area contributed by atoms with Gasteiger partial charge >= 0.3 is 0 Å². The lowest BCUT2D eigenvalue weighted by atomic mass is 10.1. The van der Waals surface area contributed by atoms with E-state index in [9.17, 15) is 5.11 Å². The summed E-state index contributed by atoms with van der Waals surface area (Å²) in [4.78, 5) is 4.33. The number of rotatable bonds is 4. The monoisotopic (exact) mass is 320 g/mol. The SMILES string of the molecule is Cc1ccc(O)c(CNC(C)c2ccc(Br)cc2)n1. The van der Waals surface area contributed by atoms with E-state index in [0.29, 0.717) is 12.2 Å². The maximum atomic E-state index is 9.75. The molecular formula is C15H17BrN2O. The van der Waals surface area contributed by atoms with Gasteiger partial charge in [-0.15, -0.1) is 0 Å². The van der Waals surface area contributed by atoms with Crippen LogP contribution in [0.4, 0.5) is 0 Å². The molecule has 1 heterocycles. The van der Waals surface area contributed by atoms with E-state index in [1.807, 2.05) is 19.1 Å². The van der Waals surface area contributed by atoms with Gasteiger partial charge in [0.15, 0.2) is 0 Å². The molecule has 0 saturated heterocycles. The lowest BCUT2D eigenvalue weighted by Crippen LogP contribution is -2.19. The molecule has 2 N–H and O–H groups in total. The van der Waals surface area contributed by atoms with E-state index in [1.54, 1.807) is 12.1 Å². The highest BCUT2D eigenvalue weighted by molar-refractivity contribution is 9.10. The molecule has 4 heteroatoms. The second-order valence-electron chi connectivity index (χ2n) is 4.57. The van der Waals surface area contributed by atoms with Crippen molar-refractivity contribution in [2.45, 2.75) is 26.4 Å². The van der Waals surface area contributed by atoms with Gasteiger partial charge in [0.05, 0.1) is 5.69 Å². The van der Waals surface area contributed by atoms with Crippen LogP contribution in [0.2, 0.25) is 0 Å². The molecule has 2 rings (SSSR count). The summed E-state index contributed by atoms with van der Waals surface area (Å²) in [6, 6.07) is 11.9. The summed E-state index contributed by atoms with van der Waals surface area (Å²) in [7, 11) is 0. The predicted molar refractivity (Wildman–Crippen MR) is 80.0 cm³/mol. The highest BCUT2D eigenvalue weighted by atomic mass is 79.9. The Hall–Kier alpha value is -1.39. The van der Waals surface area contributed by atoms with Crippen LogP contribution in [0.15, 0.2) is 40.9 Å². The minimum atomic E-state index is 0.204. The maximum absolute atomic E-state index is 9.75. The van der Waals surface area contributed by atoms with E-state index in [2.05, 4.69) is 45.3 Å². The van der Waals surface area contributed by atoms with Gasteiger partial charge in [0.25, 0.3) is 0 Å². The average molecular weight is 321 g/mol. The molecule has 0 bridgehead atoms. The van der Waals surface area contributed by atoms with Crippen LogP contribution >= 0.6 is 15.9 Å². The zero-order valence-corrected chi connectivity index (χ0v) is 12.6. The Kier molecular flexibility index (Phi) is 4.56. The van der Waals surface area contributed by atoms with Crippen molar-refractivity contribution in [2.75, 3.05) is 0 Å². The van der Waals surface area contributed by atoms with Crippen molar-refractivity contribution >= 4 is 15.9 Å². The molecule has 2 aromatic rings. The number of pyridine rings is 1. The van der Waals surface area contributed by atoms with E-state index in [0.717, 1.165) is 10.2 Å². The first-order valence-corrected chi connectivity index (χ1v) is 7.00. The molecule has 1 aromatic heterocycles. The first-order valence-electron chi connectivity index (χ1n) is 6.20. The molecule has 0 saturated carbocycles. The van der Waals surface area contributed by atoms with E-state index >= 15 is 0 Å².